The van der Waals surface area contributed by atoms with Gasteiger partial charge < -0.3 is 4.90 Å². The predicted octanol–water partition coefficient (Wildman–Crippen LogP) is 2.78. The third kappa shape index (κ3) is 4.93. The van der Waals surface area contributed by atoms with Gasteiger partial charge in [0.05, 0.1) is 17.7 Å². The van der Waals surface area contributed by atoms with Crippen molar-refractivity contribution in [3.8, 4) is 0 Å². The molecule has 0 N–H and O–H groups in total. The first-order valence-corrected chi connectivity index (χ1v) is 6.17. The molecule has 1 aromatic heterocycles. The van der Waals surface area contributed by atoms with Crippen molar-refractivity contribution >= 4 is 17.2 Å². The second kappa shape index (κ2) is 7.40. The van der Waals surface area contributed by atoms with Crippen LogP contribution >= 0.6 is 11.3 Å². The van der Waals surface area contributed by atoms with Crippen LogP contribution < -0.4 is 0 Å². The maximum atomic E-state index is 11.5. The smallest absolute Gasteiger partial charge is 0.225 e. The molecule has 4 heteroatoms. The van der Waals surface area contributed by atoms with Gasteiger partial charge in [0.2, 0.25) is 5.91 Å². The zero-order chi connectivity index (χ0) is 11.8. The van der Waals surface area contributed by atoms with Crippen LogP contribution in [0.2, 0.25) is 0 Å². The van der Waals surface area contributed by atoms with Crippen molar-refractivity contribution < 1.29 is 4.79 Å². The van der Waals surface area contributed by atoms with Crippen molar-refractivity contribution in [1.29, 1.82) is 0 Å². The van der Waals surface area contributed by atoms with E-state index in [-0.39, 0.29) is 11.8 Å². The van der Waals surface area contributed by atoms with E-state index < -0.39 is 0 Å². The Morgan fingerprint density at radius 2 is 2.13 bits per heavy atom. The second-order valence-corrected chi connectivity index (χ2v) is 4.05. The fourth-order valence-electron chi connectivity index (χ4n) is 1.08. The summed E-state index contributed by atoms with van der Waals surface area (Å²) in [5.74, 6) is 0.219. The van der Waals surface area contributed by atoms with Crippen molar-refractivity contribution in [2.24, 2.45) is 5.92 Å². The average Bonchev–Trinajstić information content (AvgIpc) is 2.72. The Morgan fingerprint density at radius 3 is 2.53 bits per heavy atom. The summed E-state index contributed by atoms with van der Waals surface area (Å²) in [6.45, 7) is 8.42. The number of hydrogen-bond acceptors (Lipinski definition) is 3. The lowest BCUT2D eigenvalue weighted by Gasteiger charge is -2.17. The first-order chi connectivity index (χ1) is 7.11. The minimum atomic E-state index is 0.0589. The molecule has 1 rings (SSSR count). The monoisotopic (exact) mass is 228 g/mol. The maximum absolute atomic E-state index is 11.5. The average molecular weight is 228 g/mol. The standard InChI is InChI=1S/C9H14N2OS.C2H6/c1-7(2)9(12)11(3)4-8-5-13-6-10-8;1-2/h5-7H,4H2,1-3H3;1-2H3. The summed E-state index contributed by atoms with van der Waals surface area (Å²) in [5.41, 5.74) is 2.74. The lowest BCUT2D eigenvalue weighted by atomic mass is 10.2. The Labute approximate surface area is 96.1 Å². The summed E-state index contributed by atoms with van der Waals surface area (Å²) in [7, 11) is 1.81. The van der Waals surface area contributed by atoms with E-state index >= 15 is 0 Å². The Morgan fingerprint density at radius 1 is 1.53 bits per heavy atom. The molecule has 0 radical (unpaired) electrons. The van der Waals surface area contributed by atoms with Gasteiger partial charge in [-0.15, -0.1) is 11.3 Å². The molecule has 1 aromatic rings. The van der Waals surface area contributed by atoms with Crippen LogP contribution in [0.4, 0.5) is 0 Å². The van der Waals surface area contributed by atoms with Crippen LogP contribution in [-0.4, -0.2) is 22.8 Å². The molecule has 86 valence electrons. The van der Waals surface area contributed by atoms with Gasteiger partial charge in [-0.25, -0.2) is 4.98 Å². The zero-order valence-electron chi connectivity index (χ0n) is 10.2. The second-order valence-electron chi connectivity index (χ2n) is 3.33. The highest BCUT2D eigenvalue weighted by Crippen LogP contribution is 2.06. The molecule has 3 nitrogen and oxygen atoms in total. The SMILES string of the molecule is CC.CC(C)C(=O)N(C)Cc1cscn1. The summed E-state index contributed by atoms with van der Waals surface area (Å²) in [6, 6.07) is 0. The molecule has 0 spiro atoms. The van der Waals surface area contributed by atoms with Crippen molar-refractivity contribution in [2.75, 3.05) is 7.05 Å². The van der Waals surface area contributed by atoms with E-state index in [2.05, 4.69) is 4.98 Å². The van der Waals surface area contributed by atoms with E-state index in [1.807, 2.05) is 40.1 Å². The number of rotatable bonds is 3. The summed E-state index contributed by atoms with van der Waals surface area (Å²) >= 11 is 1.55. The molecule has 0 saturated carbocycles. The van der Waals surface area contributed by atoms with Crippen LogP contribution in [0.5, 0.6) is 0 Å². The van der Waals surface area contributed by atoms with E-state index in [0.29, 0.717) is 6.54 Å². The van der Waals surface area contributed by atoms with Crippen molar-refractivity contribution in [3.05, 3.63) is 16.6 Å². The van der Waals surface area contributed by atoms with Gasteiger partial charge >= 0.3 is 0 Å². The molecule has 0 unspecified atom stereocenters. The number of carbonyl (C=O) groups is 1. The molecule has 0 atom stereocenters. The van der Waals surface area contributed by atoms with Crippen LogP contribution in [0.15, 0.2) is 10.9 Å². The fraction of sp³-hybridized carbons (Fsp3) is 0.636. The van der Waals surface area contributed by atoms with Gasteiger partial charge in [-0.3, -0.25) is 4.79 Å². The van der Waals surface area contributed by atoms with Gasteiger partial charge in [0.25, 0.3) is 0 Å². The predicted molar refractivity (Wildman–Crippen MR) is 64.8 cm³/mol. The summed E-state index contributed by atoms with van der Waals surface area (Å²) in [6.07, 6.45) is 0. The maximum Gasteiger partial charge on any atom is 0.225 e. The topological polar surface area (TPSA) is 33.2 Å². The van der Waals surface area contributed by atoms with Crippen LogP contribution in [0.25, 0.3) is 0 Å². The van der Waals surface area contributed by atoms with E-state index in [4.69, 9.17) is 0 Å². The van der Waals surface area contributed by atoms with E-state index in [1.54, 1.807) is 21.7 Å². The molecular formula is C11H20N2OS. The number of aromatic nitrogens is 1. The van der Waals surface area contributed by atoms with Gasteiger partial charge in [-0.1, -0.05) is 27.7 Å². The molecule has 0 aliphatic heterocycles. The number of nitrogens with zero attached hydrogens (tertiary/aromatic N) is 2. The Bertz CT molecular complexity index is 270. The molecule has 0 bridgehead atoms. The van der Waals surface area contributed by atoms with Crippen molar-refractivity contribution in [2.45, 2.75) is 34.2 Å². The lowest BCUT2D eigenvalue weighted by molar-refractivity contribution is -0.133. The molecule has 0 saturated heterocycles. The summed E-state index contributed by atoms with van der Waals surface area (Å²) in [4.78, 5) is 17.3. The number of amides is 1. The first kappa shape index (κ1) is 14.1. The molecule has 15 heavy (non-hydrogen) atoms. The minimum absolute atomic E-state index is 0.0589. The van der Waals surface area contributed by atoms with Crippen LogP contribution in [0.3, 0.4) is 0 Å². The van der Waals surface area contributed by atoms with Crippen molar-refractivity contribution in [3.63, 3.8) is 0 Å². The first-order valence-electron chi connectivity index (χ1n) is 5.23. The van der Waals surface area contributed by atoms with E-state index in [1.165, 1.54) is 0 Å². The third-order valence-electron chi connectivity index (χ3n) is 1.75. The highest BCUT2D eigenvalue weighted by Gasteiger charge is 2.13. The largest absolute Gasteiger partial charge is 0.340 e. The Kier molecular flexibility index (Phi) is 6.96. The minimum Gasteiger partial charge on any atom is -0.340 e. The lowest BCUT2D eigenvalue weighted by Crippen LogP contribution is -2.29. The molecular weight excluding hydrogens is 208 g/mol. The third-order valence-corrected chi connectivity index (χ3v) is 2.39. The molecule has 1 heterocycles. The van der Waals surface area contributed by atoms with Crippen LogP contribution in [0, 0.1) is 5.92 Å². The molecule has 0 fully saturated rings. The molecule has 1 amide bonds. The molecule has 0 aliphatic carbocycles. The fourth-order valence-corrected chi connectivity index (χ4v) is 1.63. The Balaban J connectivity index is 0.000000921. The van der Waals surface area contributed by atoms with Crippen molar-refractivity contribution in [1.82, 2.24) is 9.88 Å². The van der Waals surface area contributed by atoms with Crippen LogP contribution in [0.1, 0.15) is 33.4 Å². The normalized spacial score (nSPS) is 9.47. The Hall–Kier alpha value is -0.900. The van der Waals surface area contributed by atoms with Gasteiger partial charge in [0, 0.05) is 18.3 Å². The summed E-state index contributed by atoms with van der Waals surface area (Å²) in [5, 5.41) is 1.96. The number of thiazole rings is 1. The van der Waals surface area contributed by atoms with Gasteiger partial charge in [-0.05, 0) is 0 Å². The molecule has 0 aromatic carbocycles. The number of carbonyl (C=O) groups excluding carboxylic acids is 1. The quantitative estimate of drug-likeness (QED) is 0.797. The highest BCUT2D eigenvalue weighted by molar-refractivity contribution is 7.07. The number of hydrogen-bond donors (Lipinski definition) is 0. The van der Waals surface area contributed by atoms with Gasteiger partial charge in [-0.2, -0.15) is 0 Å². The van der Waals surface area contributed by atoms with E-state index in [0.717, 1.165) is 5.69 Å². The summed E-state index contributed by atoms with van der Waals surface area (Å²) < 4.78 is 0. The van der Waals surface area contributed by atoms with Gasteiger partial charge in [0.1, 0.15) is 0 Å². The van der Waals surface area contributed by atoms with Gasteiger partial charge in [0.15, 0.2) is 0 Å². The molecule has 0 aliphatic rings. The van der Waals surface area contributed by atoms with E-state index in [9.17, 15) is 4.79 Å². The zero-order valence-corrected chi connectivity index (χ0v) is 11.0. The highest BCUT2D eigenvalue weighted by atomic mass is 32.1. The van der Waals surface area contributed by atoms with Crippen LogP contribution in [-0.2, 0) is 11.3 Å².